The third kappa shape index (κ3) is 4.54. The molecular formula is C25H23ClFN5O. The quantitative estimate of drug-likeness (QED) is 0.421. The lowest BCUT2D eigenvalue weighted by Crippen LogP contribution is -2.29. The van der Waals surface area contributed by atoms with E-state index in [4.69, 9.17) is 5.73 Å². The molecule has 1 aliphatic carbocycles. The molecule has 4 aromatic rings. The van der Waals surface area contributed by atoms with Crippen LogP contribution in [-0.2, 0) is 0 Å². The number of hydrogen-bond donors (Lipinski definition) is 2. The molecule has 0 bridgehead atoms. The zero-order valence-corrected chi connectivity index (χ0v) is 18.6. The van der Waals surface area contributed by atoms with Crippen LogP contribution in [0, 0.1) is 17.7 Å². The topological polar surface area (TPSA) is 89.8 Å². The van der Waals surface area contributed by atoms with E-state index in [1.807, 2.05) is 34.9 Å². The van der Waals surface area contributed by atoms with E-state index in [0.717, 1.165) is 24.9 Å². The van der Waals surface area contributed by atoms with E-state index in [-0.39, 0.29) is 29.9 Å². The lowest BCUT2D eigenvalue weighted by Gasteiger charge is -2.26. The van der Waals surface area contributed by atoms with Crippen molar-refractivity contribution >= 4 is 29.4 Å². The number of nitrogens with zero attached hydrogens (tertiary/aromatic N) is 4. The first-order valence-corrected chi connectivity index (χ1v) is 10.7. The minimum absolute atomic E-state index is 0. The molecule has 5 rings (SSSR count). The minimum atomic E-state index is -1.02. The van der Waals surface area contributed by atoms with Gasteiger partial charge >= 0.3 is 0 Å². The Morgan fingerprint density at radius 2 is 1.73 bits per heavy atom. The number of anilines is 1. The van der Waals surface area contributed by atoms with Crippen LogP contribution in [0.15, 0.2) is 54.6 Å². The van der Waals surface area contributed by atoms with Crippen LogP contribution in [0.5, 0.6) is 0 Å². The average Bonchev–Trinajstić information content (AvgIpc) is 3.19. The molecule has 33 heavy (non-hydrogen) atoms. The zero-order chi connectivity index (χ0) is 22.1. The lowest BCUT2D eigenvalue weighted by molar-refractivity contribution is 0.0610. The summed E-state index contributed by atoms with van der Waals surface area (Å²) in [7, 11) is 0. The van der Waals surface area contributed by atoms with Crippen molar-refractivity contribution in [3.05, 3.63) is 66.2 Å². The second-order valence-corrected chi connectivity index (χ2v) is 8.06. The van der Waals surface area contributed by atoms with Gasteiger partial charge in [0.1, 0.15) is 17.2 Å². The maximum absolute atomic E-state index is 14.0. The summed E-state index contributed by atoms with van der Waals surface area (Å²) in [5.74, 6) is 6.42. The Morgan fingerprint density at radius 1 is 0.970 bits per heavy atom. The van der Waals surface area contributed by atoms with E-state index in [1.54, 1.807) is 12.1 Å². The molecule has 0 aliphatic heterocycles. The summed E-state index contributed by atoms with van der Waals surface area (Å²) >= 11 is 0. The molecule has 2 aromatic carbocycles. The summed E-state index contributed by atoms with van der Waals surface area (Å²) in [6.07, 6.45) is 4.29. The predicted molar refractivity (Wildman–Crippen MR) is 129 cm³/mol. The number of aliphatic hydroxyl groups is 1. The number of rotatable bonds is 2. The Morgan fingerprint density at radius 3 is 2.45 bits per heavy atom. The molecule has 0 saturated heterocycles. The van der Waals surface area contributed by atoms with E-state index in [0.29, 0.717) is 35.4 Å². The average molecular weight is 464 g/mol. The van der Waals surface area contributed by atoms with E-state index in [1.165, 1.54) is 12.1 Å². The van der Waals surface area contributed by atoms with Crippen molar-refractivity contribution in [1.29, 1.82) is 0 Å². The van der Waals surface area contributed by atoms with Gasteiger partial charge in [-0.25, -0.2) is 19.3 Å². The number of halogens is 2. The number of para-hydroxylation sites is 1. The Kier molecular flexibility index (Phi) is 6.32. The summed E-state index contributed by atoms with van der Waals surface area (Å²) in [5.41, 5.74) is 7.50. The van der Waals surface area contributed by atoms with Gasteiger partial charge in [-0.2, -0.15) is 0 Å². The maximum atomic E-state index is 14.0. The van der Waals surface area contributed by atoms with Crippen molar-refractivity contribution < 1.29 is 9.50 Å². The van der Waals surface area contributed by atoms with E-state index in [9.17, 15) is 9.50 Å². The van der Waals surface area contributed by atoms with Crippen LogP contribution in [0.3, 0.4) is 0 Å². The molecule has 0 unspecified atom stereocenters. The summed E-state index contributed by atoms with van der Waals surface area (Å²) < 4.78 is 15.8. The molecule has 0 amide bonds. The summed E-state index contributed by atoms with van der Waals surface area (Å²) in [5, 5.41) is 10.7. The smallest absolute Gasteiger partial charge is 0.209 e. The molecule has 0 spiro atoms. The highest BCUT2D eigenvalue weighted by Gasteiger charge is 2.27. The Bertz CT molecular complexity index is 1350. The fourth-order valence-electron chi connectivity index (χ4n) is 4.11. The van der Waals surface area contributed by atoms with Gasteiger partial charge in [-0.3, -0.25) is 4.57 Å². The molecule has 0 atom stereocenters. The lowest BCUT2D eigenvalue weighted by atomic mass is 9.85. The molecule has 1 saturated carbocycles. The molecule has 8 heteroatoms. The van der Waals surface area contributed by atoms with Crippen molar-refractivity contribution in [2.24, 2.45) is 0 Å². The monoisotopic (exact) mass is 463 g/mol. The molecule has 1 aliphatic rings. The first-order chi connectivity index (χ1) is 15.5. The van der Waals surface area contributed by atoms with Gasteiger partial charge in [0.2, 0.25) is 5.82 Å². The highest BCUT2D eigenvalue weighted by atomic mass is 35.5. The van der Waals surface area contributed by atoms with Crippen molar-refractivity contribution in [2.45, 2.75) is 37.7 Å². The molecule has 2 heterocycles. The van der Waals surface area contributed by atoms with Crippen LogP contribution >= 0.6 is 12.4 Å². The normalized spacial score (nSPS) is 14.8. The van der Waals surface area contributed by atoms with Gasteiger partial charge in [-0.1, -0.05) is 42.7 Å². The number of fused-ring (bicyclic) bond motifs is 1. The van der Waals surface area contributed by atoms with Crippen LogP contribution in [0.4, 0.5) is 10.2 Å². The third-order valence-electron chi connectivity index (χ3n) is 5.72. The highest BCUT2D eigenvalue weighted by molar-refractivity contribution is 5.87. The first kappa shape index (κ1) is 22.7. The van der Waals surface area contributed by atoms with Gasteiger partial charge in [0.15, 0.2) is 17.0 Å². The van der Waals surface area contributed by atoms with Gasteiger partial charge in [0.05, 0.1) is 0 Å². The fourth-order valence-corrected chi connectivity index (χ4v) is 4.11. The van der Waals surface area contributed by atoms with Crippen LogP contribution in [-0.4, -0.2) is 30.2 Å². The Balaban J connectivity index is 0.00000259. The summed E-state index contributed by atoms with van der Waals surface area (Å²) in [6, 6.07) is 15.8. The molecular weight excluding hydrogens is 441 g/mol. The van der Waals surface area contributed by atoms with Crippen molar-refractivity contribution in [1.82, 2.24) is 19.5 Å². The predicted octanol–water partition coefficient (Wildman–Crippen LogP) is 4.67. The SMILES string of the molecule is Cl.Nc1nc(C#CC2(O)CCCCC2)nc2c1nc(-c1cccc(F)c1)n2-c1ccccc1. The standard InChI is InChI=1S/C25H22FN5O.ClH/c26-18-9-7-8-17(16-18)23-30-21-22(27)28-20(12-15-25(32)13-5-2-6-14-25)29-24(21)31(23)19-10-3-1-4-11-19;/h1,3-4,7-11,16,32H,2,5-6,13-14H2,(H2,27,28,29);1H. The number of aromatic nitrogens is 4. The van der Waals surface area contributed by atoms with Crippen molar-refractivity contribution in [3.8, 4) is 28.9 Å². The number of nitrogens with two attached hydrogens (primary N) is 1. The molecule has 2 aromatic heterocycles. The maximum Gasteiger partial charge on any atom is 0.209 e. The molecule has 0 radical (unpaired) electrons. The van der Waals surface area contributed by atoms with E-state index >= 15 is 0 Å². The highest BCUT2D eigenvalue weighted by Crippen LogP contribution is 2.30. The second kappa shape index (κ2) is 9.18. The van der Waals surface area contributed by atoms with Crippen molar-refractivity contribution in [3.63, 3.8) is 0 Å². The van der Waals surface area contributed by atoms with E-state index in [2.05, 4.69) is 26.8 Å². The number of nitrogen functional groups attached to an aromatic ring is 1. The van der Waals surface area contributed by atoms with Gasteiger partial charge < -0.3 is 10.8 Å². The second-order valence-electron chi connectivity index (χ2n) is 8.06. The van der Waals surface area contributed by atoms with Crippen LogP contribution in [0.1, 0.15) is 37.9 Å². The summed E-state index contributed by atoms with van der Waals surface area (Å²) in [4.78, 5) is 13.6. The molecule has 3 N–H and O–H groups in total. The van der Waals surface area contributed by atoms with Crippen LogP contribution in [0.25, 0.3) is 28.2 Å². The van der Waals surface area contributed by atoms with Crippen LogP contribution < -0.4 is 5.73 Å². The van der Waals surface area contributed by atoms with Gasteiger partial charge in [0, 0.05) is 11.3 Å². The zero-order valence-electron chi connectivity index (χ0n) is 17.8. The Labute approximate surface area is 197 Å². The van der Waals surface area contributed by atoms with Gasteiger partial charge in [0.25, 0.3) is 0 Å². The first-order valence-electron chi connectivity index (χ1n) is 10.7. The number of benzene rings is 2. The van der Waals surface area contributed by atoms with E-state index < -0.39 is 5.60 Å². The molecule has 168 valence electrons. The van der Waals surface area contributed by atoms with Crippen LogP contribution in [0.2, 0.25) is 0 Å². The minimum Gasteiger partial charge on any atom is -0.382 e. The number of hydrogen-bond acceptors (Lipinski definition) is 5. The van der Waals surface area contributed by atoms with Gasteiger partial charge in [-0.05, 0) is 55.9 Å². The molecule has 1 fully saturated rings. The Hall–Kier alpha value is -3.47. The number of imidazole rings is 1. The van der Waals surface area contributed by atoms with Crippen molar-refractivity contribution in [2.75, 3.05) is 5.73 Å². The summed E-state index contributed by atoms with van der Waals surface area (Å²) in [6.45, 7) is 0. The molecule has 6 nitrogen and oxygen atoms in total. The fraction of sp³-hybridized carbons (Fsp3) is 0.240. The largest absolute Gasteiger partial charge is 0.382 e. The third-order valence-corrected chi connectivity index (χ3v) is 5.72. The van der Waals surface area contributed by atoms with Gasteiger partial charge in [-0.15, -0.1) is 12.4 Å².